The molecule has 118 valence electrons. The van der Waals surface area contributed by atoms with Crippen LogP contribution < -0.4 is 9.93 Å². The van der Waals surface area contributed by atoms with Gasteiger partial charge >= 0.3 is 0 Å². The van der Waals surface area contributed by atoms with Crippen LogP contribution in [0.15, 0.2) is 59.0 Å². The van der Waals surface area contributed by atoms with Crippen molar-refractivity contribution in [1.29, 1.82) is 0 Å². The van der Waals surface area contributed by atoms with Gasteiger partial charge in [-0.1, -0.05) is 23.7 Å². The van der Waals surface area contributed by atoms with E-state index < -0.39 is 0 Å². The van der Waals surface area contributed by atoms with Crippen LogP contribution in [0.2, 0.25) is 5.02 Å². The van der Waals surface area contributed by atoms with Crippen LogP contribution in [0.4, 0.5) is 0 Å². The molecule has 3 rings (SSSR count). The molecule has 0 amide bonds. The molecule has 1 aromatic heterocycles. The maximum absolute atomic E-state index is 9.34. The number of aliphatic hydroxyl groups excluding tert-OH is 1. The molecule has 2 aromatic carbocycles. The van der Waals surface area contributed by atoms with Gasteiger partial charge in [-0.05, 0) is 43.3 Å². The number of rotatable bonds is 4. The molecule has 1 heterocycles. The highest BCUT2D eigenvalue weighted by Crippen LogP contribution is 2.23. The molecule has 0 aliphatic heterocycles. The van der Waals surface area contributed by atoms with Crippen molar-refractivity contribution in [2.45, 2.75) is 6.92 Å². The third-order valence-electron chi connectivity index (χ3n) is 3.87. The Morgan fingerprint density at radius 3 is 2.52 bits per heavy atom. The van der Waals surface area contributed by atoms with E-state index in [0.29, 0.717) is 11.6 Å². The first-order valence-electron chi connectivity index (χ1n) is 7.70. The monoisotopic (exact) mass is 328 g/mol. The minimum Gasteiger partial charge on any atom is -0.456 e. The van der Waals surface area contributed by atoms with Gasteiger partial charge in [0.2, 0.25) is 5.36 Å². The minimum atomic E-state index is 0.116. The standard InChI is InChI=1S/C19H19ClNO2/c1-2-21(11-12-22)17-13-19(14-7-9-15(20)10-8-14)23-18-6-4-3-5-16(17)18/h3-10,13,22H,2,11-12H2,1H3/q+1. The minimum absolute atomic E-state index is 0.116. The maximum atomic E-state index is 9.34. The number of hydrogen-bond acceptors (Lipinski definition) is 2. The summed E-state index contributed by atoms with van der Waals surface area (Å²) in [6.45, 7) is 3.60. The van der Waals surface area contributed by atoms with Crippen molar-refractivity contribution in [3.8, 4) is 11.3 Å². The lowest BCUT2D eigenvalue weighted by molar-refractivity contribution is 0.283. The topological polar surface area (TPSA) is 36.4 Å². The highest BCUT2D eigenvalue weighted by atomic mass is 35.5. The molecule has 0 aliphatic carbocycles. The van der Waals surface area contributed by atoms with Crippen LogP contribution >= 0.6 is 11.6 Å². The fraction of sp³-hybridized carbons (Fsp3) is 0.211. The van der Waals surface area contributed by atoms with Gasteiger partial charge in [-0.2, -0.15) is 0 Å². The first-order chi connectivity index (χ1) is 11.2. The summed E-state index contributed by atoms with van der Waals surface area (Å²) >= 11 is 5.97. The molecule has 0 saturated carbocycles. The number of halogens is 1. The molecule has 1 N–H and O–H groups in total. The quantitative estimate of drug-likeness (QED) is 0.744. The fourth-order valence-electron chi connectivity index (χ4n) is 2.70. The zero-order valence-corrected chi connectivity index (χ0v) is 13.8. The summed E-state index contributed by atoms with van der Waals surface area (Å²) < 4.78 is 8.22. The normalized spacial score (nSPS) is 12.5. The second kappa shape index (κ2) is 6.99. The van der Waals surface area contributed by atoms with Gasteiger partial charge in [0.1, 0.15) is 24.5 Å². The van der Waals surface area contributed by atoms with E-state index in [9.17, 15) is 5.11 Å². The number of para-hydroxylation sites is 1. The lowest BCUT2D eigenvalue weighted by Crippen LogP contribution is -2.32. The molecule has 0 atom stereocenters. The highest BCUT2D eigenvalue weighted by molar-refractivity contribution is 6.30. The third-order valence-corrected chi connectivity index (χ3v) is 4.12. The molecule has 0 bridgehead atoms. The van der Waals surface area contributed by atoms with Gasteiger partial charge in [-0.15, -0.1) is 0 Å². The molecule has 0 unspecified atom stereocenters. The van der Waals surface area contributed by atoms with E-state index in [2.05, 4.69) is 11.5 Å². The zero-order valence-electron chi connectivity index (χ0n) is 13.0. The van der Waals surface area contributed by atoms with Crippen molar-refractivity contribution in [2.75, 3.05) is 19.7 Å². The molecule has 0 fully saturated rings. The van der Waals surface area contributed by atoms with E-state index in [1.807, 2.05) is 54.6 Å². The summed E-state index contributed by atoms with van der Waals surface area (Å²) in [6, 6.07) is 17.6. The lowest BCUT2D eigenvalue weighted by Gasteiger charge is -2.06. The summed E-state index contributed by atoms with van der Waals surface area (Å²) in [4.78, 5) is 0. The Hall–Kier alpha value is -2.10. The first kappa shape index (κ1) is 15.8. The van der Waals surface area contributed by atoms with Crippen LogP contribution in [-0.4, -0.2) is 24.8 Å². The summed E-state index contributed by atoms with van der Waals surface area (Å²) in [6.07, 6.45) is 0. The summed E-state index contributed by atoms with van der Waals surface area (Å²) in [5, 5.41) is 12.1. The van der Waals surface area contributed by atoms with E-state index in [4.69, 9.17) is 16.0 Å². The smallest absolute Gasteiger partial charge is 0.214 e. The van der Waals surface area contributed by atoms with Crippen LogP contribution in [-0.2, 0) is 0 Å². The number of fused-ring (bicyclic) bond motifs is 1. The van der Waals surface area contributed by atoms with Crippen LogP contribution in [0.3, 0.4) is 0 Å². The van der Waals surface area contributed by atoms with Crippen LogP contribution in [0.5, 0.6) is 0 Å². The number of nitrogens with zero attached hydrogens (tertiary/aromatic N) is 1. The molecule has 0 aliphatic rings. The van der Waals surface area contributed by atoms with Crippen LogP contribution in [0, 0.1) is 0 Å². The van der Waals surface area contributed by atoms with Crippen molar-refractivity contribution in [3.63, 3.8) is 0 Å². The molecule has 3 aromatic rings. The Kier molecular flexibility index (Phi) is 4.79. The van der Waals surface area contributed by atoms with Crippen molar-refractivity contribution < 1.29 is 9.52 Å². The van der Waals surface area contributed by atoms with Gasteiger partial charge in [0.15, 0.2) is 6.54 Å². The summed E-state index contributed by atoms with van der Waals surface area (Å²) in [5.74, 6) is 0.784. The van der Waals surface area contributed by atoms with Crippen molar-refractivity contribution in [3.05, 3.63) is 65.0 Å². The fourth-order valence-corrected chi connectivity index (χ4v) is 2.83. The van der Waals surface area contributed by atoms with Gasteiger partial charge < -0.3 is 9.52 Å². The van der Waals surface area contributed by atoms with Gasteiger partial charge in [-0.25, -0.2) is 4.58 Å². The van der Waals surface area contributed by atoms with E-state index in [0.717, 1.165) is 34.2 Å². The predicted molar refractivity (Wildman–Crippen MR) is 94.4 cm³/mol. The highest BCUT2D eigenvalue weighted by Gasteiger charge is 2.12. The second-order valence-corrected chi connectivity index (χ2v) is 5.74. The molecule has 0 saturated heterocycles. The van der Waals surface area contributed by atoms with E-state index in [-0.39, 0.29) is 6.61 Å². The number of likely N-dealkylation sites (N-methyl/N-ethyl adjacent to an activating group) is 1. The molecule has 4 heteroatoms. The Labute approximate surface area is 140 Å². The summed E-state index contributed by atoms with van der Waals surface area (Å²) in [5.41, 5.74) is 1.80. The van der Waals surface area contributed by atoms with Crippen molar-refractivity contribution in [2.24, 2.45) is 0 Å². The maximum Gasteiger partial charge on any atom is 0.214 e. The van der Waals surface area contributed by atoms with Gasteiger partial charge in [-0.3, -0.25) is 0 Å². The molecular weight excluding hydrogens is 310 g/mol. The van der Waals surface area contributed by atoms with Crippen LogP contribution in [0.1, 0.15) is 6.92 Å². The molecule has 0 radical (unpaired) electrons. The van der Waals surface area contributed by atoms with E-state index in [1.165, 1.54) is 0 Å². The van der Waals surface area contributed by atoms with Gasteiger partial charge in [0.05, 0.1) is 11.5 Å². The Morgan fingerprint density at radius 1 is 1.09 bits per heavy atom. The molecular formula is C19H19ClNO2+. The Balaban J connectivity index is 2.31. The molecule has 3 nitrogen and oxygen atoms in total. The molecule has 0 spiro atoms. The largest absolute Gasteiger partial charge is 0.456 e. The Bertz CT molecular complexity index is 882. The Morgan fingerprint density at radius 2 is 1.83 bits per heavy atom. The average Bonchev–Trinajstić information content (AvgIpc) is 2.59. The third kappa shape index (κ3) is 3.31. The predicted octanol–water partition coefficient (Wildman–Crippen LogP) is 3.54. The van der Waals surface area contributed by atoms with Gasteiger partial charge in [0.25, 0.3) is 0 Å². The van der Waals surface area contributed by atoms with E-state index >= 15 is 0 Å². The lowest BCUT2D eigenvalue weighted by atomic mass is 10.1. The second-order valence-electron chi connectivity index (χ2n) is 5.30. The van der Waals surface area contributed by atoms with Crippen LogP contribution in [0.25, 0.3) is 22.3 Å². The van der Waals surface area contributed by atoms with Crippen molar-refractivity contribution in [1.82, 2.24) is 4.58 Å². The first-order valence-corrected chi connectivity index (χ1v) is 8.08. The SMILES string of the molecule is CC[N+](CCO)=c1cc(-c2ccc(Cl)cc2)oc2ccccc12. The summed E-state index contributed by atoms with van der Waals surface area (Å²) in [7, 11) is 0. The zero-order chi connectivity index (χ0) is 16.2. The van der Waals surface area contributed by atoms with Crippen molar-refractivity contribution >= 4 is 22.6 Å². The number of benzene rings is 2. The average molecular weight is 329 g/mol. The van der Waals surface area contributed by atoms with E-state index in [1.54, 1.807) is 0 Å². The number of hydrogen-bond donors (Lipinski definition) is 1. The van der Waals surface area contributed by atoms with Gasteiger partial charge in [0, 0.05) is 10.6 Å². The number of aliphatic hydroxyl groups is 1. The molecule has 23 heavy (non-hydrogen) atoms.